The Kier molecular flexibility index (Phi) is 7.74. The number of carboxylic acids is 1. The smallest absolute Gasteiger partial charge is 0.337 e. The van der Waals surface area contributed by atoms with Crippen molar-refractivity contribution >= 4 is 81.3 Å². The highest BCUT2D eigenvalue weighted by Crippen LogP contribution is 2.29. The van der Waals surface area contributed by atoms with Gasteiger partial charge in [0, 0.05) is 10.6 Å². The number of aromatic carboxylic acids is 1. The molecule has 1 amide bonds. The van der Waals surface area contributed by atoms with E-state index < -0.39 is 21.8 Å². The number of para-hydroxylation sites is 1. The van der Waals surface area contributed by atoms with Gasteiger partial charge in [-0.2, -0.15) is 0 Å². The molecule has 0 saturated heterocycles. The van der Waals surface area contributed by atoms with E-state index in [1.165, 1.54) is 24.3 Å². The molecule has 2 aromatic carbocycles. The van der Waals surface area contributed by atoms with Crippen molar-refractivity contribution in [3.8, 4) is 0 Å². The number of alkyl halides is 3. The fourth-order valence-electron chi connectivity index (χ4n) is 2.11. The second-order valence-electron chi connectivity index (χ2n) is 5.41. The molecule has 2 aromatic rings. The fourth-order valence-corrected chi connectivity index (χ4v) is 2.86. The lowest BCUT2D eigenvalue weighted by Gasteiger charge is -2.28. The number of carbonyl (C=O) groups excluding carboxylic acids is 1. The van der Waals surface area contributed by atoms with Crippen LogP contribution in [0.4, 0.5) is 5.69 Å². The van der Waals surface area contributed by atoms with Gasteiger partial charge in [-0.3, -0.25) is 4.79 Å². The van der Waals surface area contributed by atoms with Gasteiger partial charge < -0.3 is 21.1 Å². The summed E-state index contributed by atoms with van der Waals surface area (Å²) in [7, 11) is 0. The van der Waals surface area contributed by atoms with Gasteiger partial charge in [0.2, 0.25) is 3.79 Å². The highest BCUT2D eigenvalue weighted by molar-refractivity contribution is 7.80. The van der Waals surface area contributed by atoms with Crippen molar-refractivity contribution in [2.75, 3.05) is 5.32 Å². The number of amides is 1. The minimum atomic E-state index is -1.97. The van der Waals surface area contributed by atoms with Crippen LogP contribution in [-0.4, -0.2) is 32.1 Å². The van der Waals surface area contributed by atoms with Crippen LogP contribution in [0.5, 0.6) is 0 Å². The van der Waals surface area contributed by atoms with Crippen LogP contribution in [0.25, 0.3) is 0 Å². The molecule has 0 aliphatic heterocycles. The van der Waals surface area contributed by atoms with E-state index in [0.29, 0.717) is 5.02 Å². The third kappa shape index (κ3) is 6.39. The molecule has 0 spiro atoms. The molecule has 4 N–H and O–H groups in total. The van der Waals surface area contributed by atoms with E-state index in [4.69, 9.17) is 58.6 Å². The molecule has 0 fully saturated rings. The predicted molar refractivity (Wildman–Crippen MR) is 116 cm³/mol. The summed E-state index contributed by atoms with van der Waals surface area (Å²) in [6, 6.07) is 12.3. The first kappa shape index (κ1) is 22.5. The topological polar surface area (TPSA) is 90.5 Å². The maximum absolute atomic E-state index is 12.4. The number of carbonyl (C=O) groups is 2. The molecule has 1 atom stereocenters. The van der Waals surface area contributed by atoms with E-state index in [1.54, 1.807) is 24.3 Å². The number of benzene rings is 2. The normalized spacial score (nSPS) is 12.0. The summed E-state index contributed by atoms with van der Waals surface area (Å²) in [4.78, 5) is 23.7. The maximum atomic E-state index is 12.4. The first-order valence-electron chi connectivity index (χ1n) is 7.61. The van der Waals surface area contributed by atoms with Crippen LogP contribution in [0.2, 0.25) is 5.02 Å². The Balaban J connectivity index is 2.13. The Labute approximate surface area is 186 Å². The van der Waals surface area contributed by atoms with Crippen LogP contribution >= 0.6 is 58.6 Å². The van der Waals surface area contributed by atoms with E-state index in [9.17, 15) is 14.7 Å². The van der Waals surface area contributed by atoms with Gasteiger partial charge in [-0.25, -0.2) is 4.79 Å². The van der Waals surface area contributed by atoms with E-state index in [-0.39, 0.29) is 21.9 Å². The molecule has 1 unspecified atom stereocenters. The van der Waals surface area contributed by atoms with E-state index >= 15 is 0 Å². The number of anilines is 1. The fraction of sp³-hybridized carbons (Fsp3) is 0.118. The van der Waals surface area contributed by atoms with Crippen LogP contribution < -0.4 is 16.0 Å². The largest absolute Gasteiger partial charge is 0.478 e. The zero-order chi connectivity index (χ0) is 20.9. The molecule has 6 nitrogen and oxygen atoms in total. The average molecular weight is 481 g/mol. The maximum Gasteiger partial charge on any atom is 0.337 e. The second-order valence-corrected chi connectivity index (χ2v) is 8.62. The first-order valence-corrected chi connectivity index (χ1v) is 9.53. The van der Waals surface area contributed by atoms with Gasteiger partial charge in [-0.1, -0.05) is 64.6 Å². The number of hydrogen-bond acceptors (Lipinski definition) is 3. The average Bonchev–Trinajstić information content (AvgIpc) is 2.60. The molecule has 11 heteroatoms. The van der Waals surface area contributed by atoms with Gasteiger partial charge in [0.05, 0.1) is 11.3 Å². The molecule has 0 aliphatic carbocycles. The van der Waals surface area contributed by atoms with Crippen LogP contribution in [0.15, 0.2) is 48.5 Å². The quantitative estimate of drug-likeness (QED) is 0.287. The van der Waals surface area contributed by atoms with Crippen molar-refractivity contribution in [2.24, 2.45) is 0 Å². The van der Waals surface area contributed by atoms with Crippen molar-refractivity contribution in [1.82, 2.24) is 10.6 Å². The van der Waals surface area contributed by atoms with Gasteiger partial charge in [-0.05, 0) is 42.5 Å². The lowest BCUT2D eigenvalue weighted by molar-refractivity contribution is 0.0697. The number of hydrogen-bond donors (Lipinski definition) is 4. The van der Waals surface area contributed by atoms with Crippen molar-refractivity contribution in [2.45, 2.75) is 9.96 Å². The number of rotatable bonds is 5. The summed E-state index contributed by atoms with van der Waals surface area (Å²) in [5.74, 6) is -1.70. The Morgan fingerprint density at radius 2 is 1.71 bits per heavy atom. The summed E-state index contributed by atoms with van der Waals surface area (Å²) >= 11 is 28.8. The third-order valence-corrected chi connectivity index (χ3v) is 4.48. The van der Waals surface area contributed by atoms with Crippen LogP contribution in [0.3, 0.4) is 0 Å². The molecule has 0 bridgehead atoms. The Hall–Kier alpha value is -1.77. The number of thiocarbonyl (C=S) groups is 1. The van der Waals surface area contributed by atoms with Crippen molar-refractivity contribution < 1.29 is 14.7 Å². The molecule has 0 aliphatic rings. The standard InChI is InChI=1S/C17H13Cl4N3O3S/c18-10-5-3-4-9(8-10)13(25)23-15(17(19,20)21)24-16(28)22-12-7-2-1-6-11(12)14(26)27/h1-8,15H,(H,23,25)(H,26,27)(H2,22,24,28). The molecular formula is C17H13Cl4N3O3S. The summed E-state index contributed by atoms with van der Waals surface area (Å²) in [6.45, 7) is 0. The number of carboxylic acid groups (broad SMARTS) is 1. The monoisotopic (exact) mass is 479 g/mol. The number of halogens is 4. The van der Waals surface area contributed by atoms with E-state index in [2.05, 4.69) is 16.0 Å². The van der Waals surface area contributed by atoms with Crippen molar-refractivity contribution in [1.29, 1.82) is 0 Å². The molecule has 0 saturated carbocycles. The Morgan fingerprint density at radius 1 is 1.04 bits per heavy atom. The number of nitrogens with one attached hydrogen (secondary N) is 3. The molecule has 148 valence electrons. The molecule has 0 heterocycles. The lowest BCUT2D eigenvalue weighted by Crippen LogP contribution is -2.56. The summed E-state index contributed by atoms with van der Waals surface area (Å²) in [5, 5.41) is 17.4. The zero-order valence-electron chi connectivity index (χ0n) is 13.9. The highest BCUT2D eigenvalue weighted by Gasteiger charge is 2.35. The molecule has 0 radical (unpaired) electrons. The van der Waals surface area contributed by atoms with E-state index in [1.807, 2.05) is 0 Å². The minimum absolute atomic E-state index is 0.0000432. The van der Waals surface area contributed by atoms with Crippen LogP contribution in [0.1, 0.15) is 20.7 Å². The summed E-state index contributed by atoms with van der Waals surface area (Å²) in [5.41, 5.74) is 0.487. The van der Waals surface area contributed by atoms with Gasteiger partial charge in [-0.15, -0.1) is 0 Å². The Bertz CT molecular complexity index is 905. The summed E-state index contributed by atoms with van der Waals surface area (Å²) in [6.07, 6.45) is -1.22. The predicted octanol–water partition coefficient (Wildman–Crippen LogP) is 4.45. The van der Waals surface area contributed by atoms with Crippen LogP contribution in [0, 0.1) is 0 Å². The molecular weight excluding hydrogens is 468 g/mol. The highest BCUT2D eigenvalue weighted by atomic mass is 35.6. The SMILES string of the molecule is O=C(NC(NC(=S)Nc1ccccc1C(=O)O)C(Cl)(Cl)Cl)c1cccc(Cl)c1. The van der Waals surface area contributed by atoms with Gasteiger partial charge in [0.1, 0.15) is 6.17 Å². The lowest BCUT2D eigenvalue weighted by atomic mass is 10.2. The molecule has 0 aromatic heterocycles. The van der Waals surface area contributed by atoms with E-state index in [0.717, 1.165) is 0 Å². The minimum Gasteiger partial charge on any atom is -0.478 e. The van der Waals surface area contributed by atoms with Crippen molar-refractivity contribution in [3.63, 3.8) is 0 Å². The van der Waals surface area contributed by atoms with Gasteiger partial charge >= 0.3 is 5.97 Å². The van der Waals surface area contributed by atoms with Gasteiger partial charge in [0.15, 0.2) is 5.11 Å². The van der Waals surface area contributed by atoms with Crippen LogP contribution in [-0.2, 0) is 0 Å². The Morgan fingerprint density at radius 3 is 2.32 bits per heavy atom. The molecule has 2 rings (SSSR count). The zero-order valence-corrected chi connectivity index (χ0v) is 17.7. The van der Waals surface area contributed by atoms with Crippen molar-refractivity contribution in [3.05, 3.63) is 64.7 Å². The molecule has 28 heavy (non-hydrogen) atoms. The third-order valence-electron chi connectivity index (χ3n) is 3.37. The van der Waals surface area contributed by atoms with Gasteiger partial charge in [0.25, 0.3) is 5.91 Å². The first-order chi connectivity index (χ1) is 13.1. The summed E-state index contributed by atoms with van der Waals surface area (Å²) < 4.78 is -1.97. The second kappa shape index (κ2) is 9.62.